The molecular formula is C10H18N4O2. The molecule has 1 aromatic heterocycles. The second-order valence-electron chi connectivity index (χ2n) is 3.85. The van der Waals surface area contributed by atoms with Crippen LogP contribution in [0.4, 0.5) is 5.69 Å². The van der Waals surface area contributed by atoms with Crippen LogP contribution in [0.15, 0.2) is 0 Å². The van der Waals surface area contributed by atoms with Crippen LogP contribution < -0.4 is 5.73 Å². The highest BCUT2D eigenvalue weighted by molar-refractivity contribution is 5.97. The average Bonchev–Trinajstić information content (AvgIpc) is 2.57. The highest BCUT2D eigenvalue weighted by Gasteiger charge is 2.20. The Hall–Kier alpha value is -1.56. The van der Waals surface area contributed by atoms with E-state index in [0.29, 0.717) is 12.1 Å². The van der Waals surface area contributed by atoms with Gasteiger partial charge in [-0.25, -0.2) is 0 Å². The minimum absolute atomic E-state index is 0.222. The number of carbonyl (C=O) groups excluding carboxylic acids is 1. The molecule has 1 rings (SSSR count). The summed E-state index contributed by atoms with van der Waals surface area (Å²) >= 11 is 0. The zero-order valence-corrected chi connectivity index (χ0v) is 9.82. The van der Waals surface area contributed by atoms with Crippen molar-refractivity contribution in [3.63, 3.8) is 0 Å². The van der Waals surface area contributed by atoms with E-state index in [4.69, 9.17) is 5.73 Å². The van der Waals surface area contributed by atoms with E-state index in [2.05, 4.69) is 10.2 Å². The van der Waals surface area contributed by atoms with Gasteiger partial charge < -0.3 is 15.7 Å². The van der Waals surface area contributed by atoms with Crippen molar-refractivity contribution in [2.24, 2.45) is 0 Å². The number of nitrogens with one attached hydrogen (secondary N) is 1. The summed E-state index contributed by atoms with van der Waals surface area (Å²) in [7, 11) is 1.61. The lowest BCUT2D eigenvalue weighted by molar-refractivity contribution is 0.0699. The maximum atomic E-state index is 11.9. The molecular weight excluding hydrogens is 208 g/mol. The number of anilines is 1. The number of nitrogen functional groups attached to an aromatic ring is 1. The minimum Gasteiger partial charge on any atom is -0.395 e. The number of aliphatic hydroxyl groups is 1. The number of aromatic nitrogens is 2. The molecule has 0 fully saturated rings. The predicted octanol–water partition coefficient (Wildman–Crippen LogP) is 0.00710. The maximum absolute atomic E-state index is 11.9. The Kier molecular flexibility index (Phi) is 3.89. The average molecular weight is 226 g/mol. The molecule has 1 aromatic rings. The van der Waals surface area contributed by atoms with Gasteiger partial charge in [0, 0.05) is 13.6 Å². The van der Waals surface area contributed by atoms with Crippen LogP contribution in [0.5, 0.6) is 0 Å². The van der Waals surface area contributed by atoms with E-state index < -0.39 is 6.10 Å². The predicted molar refractivity (Wildman–Crippen MR) is 61.0 cm³/mol. The molecule has 0 saturated heterocycles. The number of nitrogens with zero attached hydrogens (tertiary/aromatic N) is 2. The second-order valence-corrected chi connectivity index (χ2v) is 3.85. The van der Waals surface area contributed by atoms with Crippen molar-refractivity contribution >= 4 is 11.6 Å². The number of aromatic amines is 1. The van der Waals surface area contributed by atoms with Gasteiger partial charge in [-0.3, -0.25) is 9.89 Å². The number of hydrogen-bond acceptors (Lipinski definition) is 4. The molecule has 90 valence electrons. The van der Waals surface area contributed by atoms with Crippen molar-refractivity contribution in [1.82, 2.24) is 15.1 Å². The fourth-order valence-corrected chi connectivity index (χ4v) is 1.48. The molecule has 4 N–H and O–H groups in total. The Bertz CT molecular complexity index is 373. The van der Waals surface area contributed by atoms with Crippen LogP contribution in [0.1, 0.15) is 30.0 Å². The van der Waals surface area contributed by atoms with Gasteiger partial charge in [0.2, 0.25) is 0 Å². The molecule has 1 amide bonds. The van der Waals surface area contributed by atoms with Gasteiger partial charge in [-0.15, -0.1) is 0 Å². The van der Waals surface area contributed by atoms with Gasteiger partial charge in [-0.1, -0.05) is 6.92 Å². The van der Waals surface area contributed by atoms with E-state index >= 15 is 0 Å². The third kappa shape index (κ3) is 2.52. The van der Waals surface area contributed by atoms with Crippen LogP contribution in [0.3, 0.4) is 0 Å². The summed E-state index contributed by atoms with van der Waals surface area (Å²) in [5, 5.41) is 15.8. The molecule has 16 heavy (non-hydrogen) atoms. The van der Waals surface area contributed by atoms with Gasteiger partial charge in [-0.2, -0.15) is 5.10 Å². The molecule has 1 heterocycles. The minimum atomic E-state index is -0.570. The zero-order valence-electron chi connectivity index (χ0n) is 9.82. The maximum Gasteiger partial charge on any atom is 0.276 e. The van der Waals surface area contributed by atoms with Crippen molar-refractivity contribution in [3.05, 3.63) is 11.4 Å². The monoisotopic (exact) mass is 226 g/mol. The lowest BCUT2D eigenvalue weighted by Crippen LogP contribution is -2.33. The number of carbonyl (C=O) groups is 1. The van der Waals surface area contributed by atoms with Crippen molar-refractivity contribution in [2.75, 3.05) is 19.3 Å². The number of amides is 1. The number of aryl methyl sites for hydroxylation is 1. The SMILES string of the molecule is CCc1[nH]nc(C(=O)N(C)CC(C)O)c1N. The Morgan fingerprint density at radius 3 is 2.75 bits per heavy atom. The van der Waals surface area contributed by atoms with Crippen LogP contribution in [0.2, 0.25) is 0 Å². The van der Waals surface area contributed by atoms with E-state index in [0.717, 1.165) is 5.69 Å². The Morgan fingerprint density at radius 2 is 2.31 bits per heavy atom. The largest absolute Gasteiger partial charge is 0.395 e. The summed E-state index contributed by atoms with van der Waals surface area (Å²) in [4.78, 5) is 13.3. The zero-order chi connectivity index (χ0) is 12.3. The van der Waals surface area contributed by atoms with E-state index in [1.165, 1.54) is 4.90 Å². The first-order valence-corrected chi connectivity index (χ1v) is 5.23. The summed E-state index contributed by atoms with van der Waals surface area (Å²) < 4.78 is 0. The number of H-pyrrole nitrogens is 1. The number of likely N-dealkylation sites (N-methyl/N-ethyl adjacent to an activating group) is 1. The highest BCUT2D eigenvalue weighted by Crippen LogP contribution is 2.15. The standard InChI is InChI=1S/C10H18N4O2/c1-4-7-8(11)9(13-12-7)10(16)14(3)5-6(2)15/h6,15H,4-5,11H2,1-3H3,(H,12,13). The summed E-state index contributed by atoms with van der Waals surface area (Å²) in [6.45, 7) is 3.80. The third-order valence-corrected chi connectivity index (χ3v) is 2.32. The van der Waals surface area contributed by atoms with Crippen LogP contribution in [0.25, 0.3) is 0 Å². The lowest BCUT2D eigenvalue weighted by Gasteiger charge is -2.17. The van der Waals surface area contributed by atoms with E-state index in [1.54, 1.807) is 14.0 Å². The van der Waals surface area contributed by atoms with Crippen LogP contribution in [0, 0.1) is 0 Å². The molecule has 1 atom stereocenters. The van der Waals surface area contributed by atoms with Crippen molar-refractivity contribution in [3.8, 4) is 0 Å². The molecule has 0 aliphatic heterocycles. The lowest BCUT2D eigenvalue weighted by atomic mass is 10.2. The third-order valence-electron chi connectivity index (χ3n) is 2.32. The first kappa shape index (κ1) is 12.5. The number of hydrogen-bond donors (Lipinski definition) is 3. The fraction of sp³-hybridized carbons (Fsp3) is 0.600. The van der Waals surface area contributed by atoms with Crippen molar-refractivity contribution in [1.29, 1.82) is 0 Å². The normalized spacial score (nSPS) is 12.5. The fourth-order valence-electron chi connectivity index (χ4n) is 1.48. The van der Waals surface area contributed by atoms with Gasteiger partial charge in [0.15, 0.2) is 5.69 Å². The molecule has 1 unspecified atom stereocenters. The number of aliphatic hydroxyl groups excluding tert-OH is 1. The van der Waals surface area contributed by atoms with Crippen molar-refractivity contribution < 1.29 is 9.90 Å². The molecule has 0 spiro atoms. The Morgan fingerprint density at radius 1 is 1.69 bits per heavy atom. The van der Waals surface area contributed by atoms with Crippen molar-refractivity contribution in [2.45, 2.75) is 26.4 Å². The summed E-state index contributed by atoms with van der Waals surface area (Å²) in [6, 6.07) is 0. The van der Waals surface area contributed by atoms with Gasteiger partial charge in [0.05, 0.1) is 17.5 Å². The van der Waals surface area contributed by atoms with E-state index in [1.807, 2.05) is 6.92 Å². The van der Waals surface area contributed by atoms with Crippen LogP contribution in [-0.2, 0) is 6.42 Å². The van der Waals surface area contributed by atoms with Crippen LogP contribution in [-0.4, -0.2) is 45.8 Å². The molecule has 0 aromatic carbocycles. The van der Waals surface area contributed by atoms with E-state index in [-0.39, 0.29) is 18.1 Å². The molecule has 0 saturated carbocycles. The summed E-state index contributed by atoms with van der Waals surface area (Å²) in [5.74, 6) is -0.283. The van der Waals surface area contributed by atoms with Gasteiger partial charge in [0.25, 0.3) is 5.91 Å². The summed E-state index contributed by atoms with van der Waals surface area (Å²) in [5.41, 5.74) is 7.15. The summed E-state index contributed by atoms with van der Waals surface area (Å²) in [6.07, 6.45) is 0.131. The smallest absolute Gasteiger partial charge is 0.276 e. The topological polar surface area (TPSA) is 95.2 Å². The molecule has 0 radical (unpaired) electrons. The van der Waals surface area contributed by atoms with Gasteiger partial charge >= 0.3 is 0 Å². The van der Waals surface area contributed by atoms with Gasteiger partial charge in [-0.05, 0) is 13.3 Å². The number of nitrogens with two attached hydrogens (primary N) is 1. The Balaban J connectivity index is 2.84. The molecule has 6 heteroatoms. The van der Waals surface area contributed by atoms with Gasteiger partial charge in [0.1, 0.15) is 0 Å². The molecule has 0 bridgehead atoms. The Labute approximate surface area is 94.4 Å². The first-order chi connectivity index (χ1) is 7.47. The molecule has 6 nitrogen and oxygen atoms in total. The first-order valence-electron chi connectivity index (χ1n) is 5.23. The van der Waals surface area contributed by atoms with Crippen LogP contribution >= 0.6 is 0 Å². The highest BCUT2D eigenvalue weighted by atomic mass is 16.3. The number of rotatable bonds is 4. The second kappa shape index (κ2) is 4.98. The quantitative estimate of drug-likeness (QED) is 0.673. The van der Waals surface area contributed by atoms with E-state index in [9.17, 15) is 9.90 Å². The molecule has 0 aliphatic carbocycles. The molecule has 0 aliphatic rings.